The van der Waals surface area contributed by atoms with Gasteiger partial charge in [0.15, 0.2) is 0 Å². The lowest BCUT2D eigenvalue weighted by Crippen LogP contribution is -2.54. The van der Waals surface area contributed by atoms with Crippen LogP contribution in [0.25, 0.3) is 0 Å². The van der Waals surface area contributed by atoms with E-state index in [0.717, 1.165) is 52.7 Å². The Morgan fingerprint density at radius 1 is 0.913 bits per heavy atom. The van der Waals surface area contributed by atoms with E-state index in [9.17, 15) is 22.4 Å². The molecule has 0 heterocycles. The van der Waals surface area contributed by atoms with Gasteiger partial charge in [-0.25, -0.2) is 12.8 Å². The predicted octanol–water partition coefficient (Wildman–Crippen LogP) is 6.68. The second kappa shape index (κ2) is 14.9. The summed E-state index contributed by atoms with van der Waals surface area (Å²) < 4.78 is 43.3. The molecular formula is C36H37ClFN3O4S. The largest absolute Gasteiger partial charge is 0.352 e. The molecule has 1 saturated carbocycles. The molecule has 1 aliphatic carbocycles. The van der Waals surface area contributed by atoms with E-state index in [1.807, 2.05) is 61.5 Å². The van der Waals surface area contributed by atoms with Crippen molar-refractivity contribution in [2.24, 2.45) is 0 Å². The minimum absolute atomic E-state index is 0.0116. The van der Waals surface area contributed by atoms with Crippen molar-refractivity contribution in [1.29, 1.82) is 0 Å². The molecule has 0 bridgehead atoms. The summed E-state index contributed by atoms with van der Waals surface area (Å²) in [5, 5.41) is 2.88. The highest BCUT2D eigenvalue weighted by Gasteiger charge is 2.36. The predicted molar refractivity (Wildman–Crippen MR) is 178 cm³/mol. The molecule has 1 fully saturated rings. The molecule has 1 aliphatic rings. The van der Waals surface area contributed by atoms with Crippen molar-refractivity contribution < 1.29 is 22.4 Å². The van der Waals surface area contributed by atoms with Crippen molar-refractivity contribution in [3.05, 3.63) is 131 Å². The maximum atomic E-state index is 14.6. The van der Waals surface area contributed by atoms with E-state index >= 15 is 0 Å². The fourth-order valence-corrected chi connectivity index (χ4v) is 7.38. The number of hydrogen-bond donors (Lipinski definition) is 1. The molecule has 5 rings (SSSR count). The molecule has 0 unspecified atom stereocenters. The fourth-order valence-electron chi connectivity index (χ4n) is 5.78. The molecule has 7 nitrogen and oxygen atoms in total. The number of rotatable bonds is 12. The maximum absolute atomic E-state index is 14.6. The zero-order valence-electron chi connectivity index (χ0n) is 25.6. The van der Waals surface area contributed by atoms with Crippen molar-refractivity contribution in [1.82, 2.24) is 10.2 Å². The van der Waals surface area contributed by atoms with Crippen LogP contribution < -0.4 is 9.62 Å². The minimum Gasteiger partial charge on any atom is -0.352 e. The van der Waals surface area contributed by atoms with Crippen molar-refractivity contribution in [2.75, 3.05) is 10.8 Å². The van der Waals surface area contributed by atoms with Gasteiger partial charge >= 0.3 is 0 Å². The zero-order valence-corrected chi connectivity index (χ0v) is 27.2. The molecule has 4 aromatic rings. The lowest BCUT2D eigenvalue weighted by atomic mass is 10.0. The van der Waals surface area contributed by atoms with Gasteiger partial charge < -0.3 is 10.2 Å². The molecule has 240 valence electrons. The number of benzene rings is 4. The molecule has 0 aliphatic heterocycles. The van der Waals surface area contributed by atoms with Gasteiger partial charge in [0.2, 0.25) is 11.8 Å². The minimum atomic E-state index is -4.31. The highest BCUT2D eigenvalue weighted by atomic mass is 35.5. The van der Waals surface area contributed by atoms with E-state index < -0.39 is 34.3 Å². The van der Waals surface area contributed by atoms with E-state index in [1.165, 1.54) is 29.2 Å². The van der Waals surface area contributed by atoms with Gasteiger partial charge in [0.05, 0.1) is 15.6 Å². The molecular weight excluding hydrogens is 625 g/mol. The van der Waals surface area contributed by atoms with Gasteiger partial charge in [0.25, 0.3) is 10.0 Å². The van der Waals surface area contributed by atoms with Crippen LogP contribution in [0, 0.1) is 12.7 Å². The van der Waals surface area contributed by atoms with E-state index in [1.54, 1.807) is 18.2 Å². The van der Waals surface area contributed by atoms with Crippen LogP contribution in [-0.4, -0.2) is 43.8 Å². The molecule has 0 radical (unpaired) electrons. The number of halogens is 2. The highest BCUT2D eigenvalue weighted by Crippen LogP contribution is 2.29. The SMILES string of the molecule is Cc1ccccc1CN(C(=O)CN(c1ccc(F)c(Cl)c1)S(=O)(=O)c1ccccc1)[C@@H](Cc1ccccc1)C(=O)NC1CCCC1. The number of sulfonamides is 1. The first-order chi connectivity index (χ1) is 22.1. The van der Waals surface area contributed by atoms with Gasteiger partial charge in [0, 0.05) is 19.0 Å². The average Bonchev–Trinajstić information content (AvgIpc) is 3.57. The van der Waals surface area contributed by atoms with Gasteiger partial charge in [-0.1, -0.05) is 97.2 Å². The number of anilines is 1. The highest BCUT2D eigenvalue weighted by molar-refractivity contribution is 7.92. The Morgan fingerprint density at radius 2 is 1.54 bits per heavy atom. The summed E-state index contributed by atoms with van der Waals surface area (Å²) >= 11 is 6.10. The van der Waals surface area contributed by atoms with Gasteiger partial charge in [-0.05, 0) is 66.8 Å². The van der Waals surface area contributed by atoms with Gasteiger partial charge in [-0.3, -0.25) is 13.9 Å². The number of nitrogens with one attached hydrogen (secondary N) is 1. The number of carbonyl (C=O) groups is 2. The lowest BCUT2D eigenvalue weighted by Gasteiger charge is -2.34. The van der Waals surface area contributed by atoms with Gasteiger partial charge in [0.1, 0.15) is 18.4 Å². The second-order valence-corrected chi connectivity index (χ2v) is 13.8. The summed E-state index contributed by atoms with van der Waals surface area (Å²) in [6.07, 6.45) is 4.00. The smallest absolute Gasteiger partial charge is 0.264 e. The first-order valence-corrected chi connectivity index (χ1v) is 17.2. The summed E-state index contributed by atoms with van der Waals surface area (Å²) in [5.74, 6) is -1.60. The number of amides is 2. The third-order valence-electron chi connectivity index (χ3n) is 8.38. The van der Waals surface area contributed by atoms with Crippen LogP contribution in [0.15, 0.2) is 108 Å². The Balaban J connectivity index is 1.58. The van der Waals surface area contributed by atoms with Crippen LogP contribution >= 0.6 is 11.6 Å². The molecule has 10 heteroatoms. The Bertz CT molecular complexity index is 1770. The monoisotopic (exact) mass is 661 g/mol. The standard InChI is InChI=1S/C36H37ClFN3O4S/c1-26-12-8-9-15-28(26)24-40(34(22-27-13-4-2-5-14-27)36(43)39-29-16-10-11-17-29)35(42)25-41(30-20-21-33(38)32(37)23-30)46(44,45)31-18-6-3-7-19-31/h2-9,12-15,18-21,23,29,34H,10-11,16-17,22,24-25H2,1H3,(H,39,43)/t34-/m0/s1. The topological polar surface area (TPSA) is 86.8 Å². The second-order valence-electron chi connectivity index (χ2n) is 11.6. The Labute approximate surface area is 275 Å². The van der Waals surface area contributed by atoms with Crippen LogP contribution in [0.4, 0.5) is 10.1 Å². The first kappa shape index (κ1) is 33.2. The van der Waals surface area contributed by atoms with E-state index in [2.05, 4.69) is 5.32 Å². The number of nitrogens with zero attached hydrogens (tertiary/aromatic N) is 2. The lowest BCUT2D eigenvalue weighted by molar-refractivity contribution is -0.140. The zero-order chi connectivity index (χ0) is 32.7. The molecule has 2 amide bonds. The Kier molecular flexibility index (Phi) is 10.8. The number of aryl methyl sites for hydroxylation is 1. The average molecular weight is 662 g/mol. The third-order valence-corrected chi connectivity index (χ3v) is 10.5. The van der Waals surface area contributed by atoms with Crippen LogP contribution in [-0.2, 0) is 32.6 Å². The summed E-state index contributed by atoms with van der Waals surface area (Å²) in [4.78, 5) is 30.1. The van der Waals surface area contributed by atoms with Crippen molar-refractivity contribution >= 4 is 39.1 Å². The molecule has 4 aromatic carbocycles. The van der Waals surface area contributed by atoms with Crippen molar-refractivity contribution in [2.45, 2.75) is 62.6 Å². The van der Waals surface area contributed by atoms with Crippen LogP contribution in [0.5, 0.6) is 0 Å². The molecule has 1 atom stereocenters. The molecule has 46 heavy (non-hydrogen) atoms. The normalized spacial score (nSPS) is 14.1. The summed E-state index contributed by atoms with van der Waals surface area (Å²) in [6.45, 7) is 1.35. The summed E-state index contributed by atoms with van der Waals surface area (Å²) in [7, 11) is -4.31. The molecule has 1 N–H and O–H groups in total. The van der Waals surface area contributed by atoms with E-state index in [0.29, 0.717) is 0 Å². The Morgan fingerprint density at radius 3 is 2.20 bits per heavy atom. The first-order valence-electron chi connectivity index (χ1n) is 15.3. The summed E-state index contributed by atoms with van der Waals surface area (Å²) in [5.41, 5.74) is 2.63. The van der Waals surface area contributed by atoms with E-state index in [4.69, 9.17) is 11.6 Å². The molecule has 0 saturated heterocycles. The van der Waals surface area contributed by atoms with Crippen LogP contribution in [0.1, 0.15) is 42.4 Å². The fraction of sp³-hybridized carbons (Fsp3) is 0.278. The van der Waals surface area contributed by atoms with Crippen molar-refractivity contribution in [3.8, 4) is 0 Å². The van der Waals surface area contributed by atoms with Crippen LogP contribution in [0.2, 0.25) is 5.02 Å². The van der Waals surface area contributed by atoms with Gasteiger partial charge in [-0.15, -0.1) is 0 Å². The quantitative estimate of drug-likeness (QED) is 0.184. The molecule has 0 spiro atoms. The van der Waals surface area contributed by atoms with Gasteiger partial charge in [-0.2, -0.15) is 0 Å². The maximum Gasteiger partial charge on any atom is 0.264 e. The summed E-state index contributed by atoms with van der Waals surface area (Å²) in [6, 6.07) is 27.3. The Hall–Kier alpha value is -4.21. The third kappa shape index (κ3) is 7.95. The number of hydrogen-bond acceptors (Lipinski definition) is 4. The van der Waals surface area contributed by atoms with E-state index in [-0.39, 0.29) is 40.5 Å². The van der Waals surface area contributed by atoms with Crippen molar-refractivity contribution in [3.63, 3.8) is 0 Å². The van der Waals surface area contributed by atoms with Crippen LogP contribution in [0.3, 0.4) is 0 Å². The number of carbonyl (C=O) groups excluding carboxylic acids is 2. The molecule has 0 aromatic heterocycles.